The Morgan fingerprint density at radius 1 is 1.10 bits per heavy atom. The molecule has 9 nitrogen and oxygen atoms in total. The maximum Gasteiger partial charge on any atom is 0.217 e. The van der Waals surface area contributed by atoms with Gasteiger partial charge in [0.2, 0.25) is 10.4 Å². The molecule has 1 aliphatic rings. The van der Waals surface area contributed by atoms with Gasteiger partial charge in [0.05, 0.1) is 25.9 Å². The van der Waals surface area contributed by atoms with Crippen LogP contribution < -0.4 is 0 Å². The average molecular weight is 329 g/mol. The number of rotatable bonds is 11. The van der Waals surface area contributed by atoms with Crippen molar-refractivity contribution in [2.45, 2.75) is 31.0 Å². The summed E-state index contributed by atoms with van der Waals surface area (Å²) in [5.41, 5.74) is 0. The number of nitrogens with zero attached hydrogens (tertiary/aromatic N) is 1. The molecule has 1 saturated heterocycles. The maximum absolute atomic E-state index is 10.3. The van der Waals surface area contributed by atoms with E-state index in [1.807, 2.05) is 0 Å². The summed E-state index contributed by atoms with van der Waals surface area (Å²) in [5.74, 6) is 0. The van der Waals surface area contributed by atoms with Gasteiger partial charge in [-0.1, -0.05) is 0 Å². The Bertz CT molecular complexity index is 408. The van der Waals surface area contributed by atoms with Crippen LogP contribution in [-0.4, -0.2) is 95.6 Å². The van der Waals surface area contributed by atoms with Crippen molar-refractivity contribution >= 4 is 10.4 Å². The van der Waals surface area contributed by atoms with Gasteiger partial charge in [0.15, 0.2) is 0 Å². The second kappa shape index (κ2) is 7.79. The van der Waals surface area contributed by atoms with Crippen molar-refractivity contribution in [3.8, 4) is 0 Å². The summed E-state index contributed by atoms with van der Waals surface area (Å²) in [5, 5.41) is 37.1. The quantitative estimate of drug-likeness (QED) is 0.137. The third-order valence-electron chi connectivity index (χ3n) is 4.05. The van der Waals surface area contributed by atoms with E-state index < -0.39 is 23.1 Å². The molecule has 21 heavy (non-hydrogen) atoms. The molecule has 0 aromatic heterocycles. The van der Waals surface area contributed by atoms with Gasteiger partial charge < -0.3 is 29.5 Å². The van der Waals surface area contributed by atoms with E-state index in [1.54, 1.807) is 0 Å². The maximum atomic E-state index is 10.3. The lowest BCUT2D eigenvalue weighted by molar-refractivity contribution is -0.828. The van der Waals surface area contributed by atoms with Gasteiger partial charge in [-0.25, -0.2) is 8.42 Å². The van der Waals surface area contributed by atoms with E-state index in [0.717, 1.165) is 0 Å². The molecule has 10 heteroatoms. The van der Waals surface area contributed by atoms with Gasteiger partial charge in [-0.15, -0.1) is 0 Å². The smallest absolute Gasteiger partial charge is 0.217 e. The first-order chi connectivity index (χ1) is 9.80. The van der Waals surface area contributed by atoms with E-state index in [2.05, 4.69) is 4.18 Å². The number of aliphatic hydroxyl groups is 4. The number of aliphatic hydroxyl groups excluding tert-OH is 4. The Labute approximate surface area is 123 Å². The van der Waals surface area contributed by atoms with Crippen LogP contribution in [0, 0.1) is 0 Å². The summed E-state index contributed by atoms with van der Waals surface area (Å²) in [7, 11) is -4.84. The van der Waals surface area contributed by atoms with Crippen LogP contribution in [0.4, 0.5) is 0 Å². The van der Waals surface area contributed by atoms with E-state index >= 15 is 0 Å². The summed E-state index contributed by atoms with van der Waals surface area (Å²) in [4.78, 5) is 0. The summed E-state index contributed by atoms with van der Waals surface area (Å²) in [6.07, 6.45) is -0.518. The van der Waals surface area contributed by atoms with E-state index in [-0.39, 0.29) is 38.3 Å². The van der Waals surface area contributed by atoms with Crippen LogP contribution in [0.25, 0.3) is 0 Å². The Hall–Kier alpha value is -0.330. The zero-order chi connectivity index (χ0) is 16.1. The molecule has 0 aromatic carbocycles. The van der Waals surface area contributed by atoms with Crippen LogP contribution in [0.5, 0.6) is 0 Å². The molecular formula is C11H23NO8S. The summed E-state index contributed by atoms with van der Waals surface area (Å²) >= 11 is 0. The lowest BCUT2D eigenvalue weighted by Gasteiger charge is -2.21. The predicted molar refractivity (Wildman–Crippen MR) is 69.7 cm³/mol. The molecular weight excluding hydrogens is 306 g/mol. The van der Waals surface area contributed by atoms with Crippen LogP contribution in [-0.2, 0) is 14.6 Å². The monoisotopic (exact) mass is 329 g/mol. The van der Waals surface area contributed by atoms with Crippen LogP contribution in [0.15, 0.2) is 0 Å². The molecule has 3 atom stereocenters. The molecule has 1 fully saturated rings. The van der Waals surface area contributed by atoms with Gasteiger partial charge >= 0.3 is 0 Å². The molecule has 0 spiro atoms. The number of hydrogen-bond donors (Lipinski definition) is 4. The van der Waals surface area contributed by atoms with Crippen molar-refractivity contribution in [2.24, 2.45) is 0 Å². The summed E-state index contributed by atoms with van der Waals surface area (Å²) in [6.45, 7) is -0.113. The molecule has 0 saturated carbocycles. The molecule has 4 N–H and O–H groups in total. The van der Waals surface area contributed by atoms with E-state index in [9.17, 15) is 18.1 Å². The normalized spacial score (nSPS) is 25.8. The van der Waals surface area contributed by atoms with Gasteiger partial charge in [-0.3, -0.25) is 4.18 Å². The minimum absolute atomic E-state index is 0.0205. The Balaban J connectivity index is 2.62. The Kier molecular flexibility index (Phi) is 6.94. The fourth-order valence-corrected chi connectivity index (χ4v) is 3.52. The fourth-order valence-electron chi connectivity index (χ4n) is 3.19. The second-order valence-electron chi connectivity index (χ2n) is 5.23. The van der Waals surface area contributed by atoms with E-state index in [4.69, 9.17) is 15.3 Å². The van der Waals surface area contributed by atoms with Crippen LogP contribution in [0.1, 0.15) is 12.8 Å². The first-order valence-electron chi connectivity index (χ1n) is 6.78. The first-order valence-corrected chi connectivity index (χ1v) is 8.11. The highest BCUT2D eigenvalue weighted by molar-refractivity contribution is 7.80. The zero-order valence-corrected chi connectivity index (χ0v) is 12.5. The fraction of sp³-hybridized carbons (Fsp3) is 1.00. The molecule has 1 aliphatic heterocycles. The van der Waals surface area contributed by atoms with Crippen molar-refractivity contribution in [1.29, 1.82) is 0 Å². The van der Waals surface area contributed by atoms with Crippen LogP contribution in [0.3, 0.4) is 0 Å². The van der Waals surface area contributed by atoms with E-state index in [1.165, 1.54) is 0 Å². The highest BCUT2D eigenvalue weighted by Crippen LogP contribution is 2.44. The highest BCUT2D eigenvalue weighted by atomic mass is 32.3. The standard InChI is InChI=1S/C11H23NO8S/c13-4-1-10-11(12(10,2-5-14)3-6-15)7-9(16)8-20-21(17,18)19/h9-11,13-16H,1-8H2. The van der Waals surface area contributed by atoms with Gasteiger partial charge in [0.1, 0.15) is 25.2 Å². The van der Waals surface area contributed by atoms with Gasteiger partial charge in [0.25, 0.3) is 0 Å². The lowest BCUT2D eigenvalue weighted by atomic mass is 10.1. The minimum atomic E-state index is -4.84. The molecule has 1 rings (SSSR count). The first kappa shape index (κ1) is 18.7. The number of quaternary nitrogens is 1. The highest BCUT2D eigenvalue weighted by Gasteiger charge is 2.64. The molecule has 0 bridgehead atoms. The minimum Gasteiger partial charge on any atom is -0.726 e. The average Bonchev–Trinajstić information content (AvgIpc) is 2.94. The predicted octanol–water partition coefficient (Wildman–Crippen LogP) is -2.85. The van der Waals surface area contributed by atoms with Gasteiger partial charge in [-0.2, -0.15) is 0 Å². The van der Waals surface area contributed by atoms with Crippen molar-refractivity contribution in [3.05, 3.63) is 0 Å². The van der Waals surface area contributed by atoms with Crippen LogP contribution in [0.2, 0.25) is 0 Å². The van der Waals surface area contributed by atoms with Crippen molar-refractivity contribution in [1.82, 2.24) is 0 Å². The zero-order valence-electron chi connectivity index (χ0n) is 11.7. The summed E-state index contributed by atoms with van der Waals surface area (Å²) in [6, 6.07) is -0.141. The van der Waals surface area contributed by atoms with Crippen molar-refractivity contribution in [3.63, 3.8) is 0 Å². The lowest BCUT2D eigenvalue weighted by Crippen LogP contribution is -2.38. The largest absolute Gasteiger partial charge is 0.726 e. The SMILES string of the molecule is O=S(=O)([O-])OCC(O)CC1C(CCO)[N+]1(CCO)CCO. The second-order valence-corrected chi connectivity index (χ2v) is 6.28. The van der Waals surface area contributed by atoms with Crippen molar-refractivity contribution in [2.75, 3.05) is 39.5 Å². The topological polar surface area (TPSA) is 147 Å². The Morgan fingerprint density at radius 3 is 2.10 bits per heavy atom. The molecule has 0 aromatic rings. The van der Waals surface area contributed by atoms with Crippen LogP contribution >= 0.6 is 0 Å². The molecule has 0 radical (unpaired) electrons. The molecule has 3 unspecified atom stereocenters. The molecule has 0 amide bonds. The third kappa shape index (κ3) is 5.11. The van der Waals surface area contributed by atoms with Gasteiger partial charge in [0, 0.05) is 19.4 Å². The van der Waals surface area contributed by atoms with Crippen molar-refractivity contribution < 1.29 is 42.1 Å². The molecule has 126 valence electrons. The third-order valence-corrected chi connectivity index (χ3v) is 4.48. The number of hydrogen-bond acceptors (Lipinski definition) is 8. The molecule has 1 heterocycles. The van der Waals surface area contributed by atoms with E-state index in [0.29, 0.717) is 24.0 Å². The summed E-state index contributed by atoms with van der Waals surface area (Å²) < 4.78 is 35.4. The Morgan fingerprint density at radius 2 is 1.67 bits per heavy atom. The van der Waals surface area contributed by atoms with Gasteiger partial charge in [-0.05, 0) is 0 Å². The molecule has 0 aliphatic carbocycles.